The molecule has 0 aromatic carbocycles. The van der Waals surface area contributed by atoms with Crippen LogP contribution in [0, 0.1) is 5.92 Å². The highest BCUT2D eigenvalue weighted by Gasteiger charge is 2.32. The van der Waals surface area contributed by atoms with Gasteiger partial charge in [-0.2, -0.15) is 0 Å². The molecule has 3 atom stereocenters. The van der Waals surface area contributed by atoms with Crippen LogP contribution in [0.5, 0.6) is 0 Å². The molecule has 1 aliphatic carbocycles. The molecule has 0 bridgehead atoms. The van der Waals surface area contributed by atoms with Crippen LogP contribution in [0.3, 0.4) is 0 Å². The fourth-order valence-electron chi connectivity index (χ4n) is 4.32. The molecule has 2 saturated heterocycles. The molecule has 1 aromatic rings. The van der Waals surface area contributed by atoms with Gasteiger partial charge in [0.25, 0.3) is 0 Å². The Bertz CT molecular complexity index is 523. The van der Waals surface area contributed by atoms with Crippen LogP contribution < -0.4 is 0 Å². The SMILES string of the molecule is OC1CCCC1N1CCN(Cc2cn(CC3CCOC3)nn2)CC1. The van der Waals surface area contributed by atoms with Gasteiger partial charge < -0.3 is 9.84 Å². The van der Waals surface area contributed by atoms with E-state index in [2.05, 4.69) is 26.3 Å². The molecule has 3 heterocycles. The number of aliphatic hydroxyl groups excluding tert-OH is 1. The normalized spacial score (nSPS) is 32.6. The Hall–Kier alpha value is -1.02. The molecular weight excluding hydrogens is 306 g/mol. The molecule has 0 spiro atoms. The van der Waals surface area contributed by atoms with Crippen molar-refractivity contribution in [3.05, 3.63) is 11.9 Å². The summed E-state index contributed by atoms with van der Waals surface area (Å²) in [6, 6.07) is 0.390. The first kappa shape index (κ1) is 16.4. The smallest absolute Gasteiger partial charge is 0.0967 e. The number of hydrogen-bond acceptors (Lipinski definition) is 6. The van der Waals surface area contributed by atoms with Crippen LogP contribution in [0.1, 0.15) is 31.4 Å². The third kappa shape index (κ3) is 3.79. The van der Waals surface area contributed by atoms with E-state index in [9.17, 15) is 5.11 Å². The van der Waals surface area contributed by atoms with Gasteiger partial charge in [0, 0.05) is 64.0 Å². The predicted molar refractivity (Wildman–Crippen MR) is 89.4 cm³/mol. The third-order valence-corrected chi connectivity index (χ3v) is 5.76. The second-order valence-electron chi connectivity index (χ2n) is 7.54. The largest absolute Gasteiger partial charge is 0.391 e. The van der Waals surface area contributed by atoms with Gasteiger partial charge in [0.05, 0.1) is 18.4 Å². The summed E-state index contributed by atoms with van der Waals surface area (Å²) in [7, 11) is 0. The molecule has 1 saturated carbocycles. The van der Waals surface area contributed by atoms with Gasteiger partial charge in [0.1, 0.15) is 0 Å². The Labute approximate surface area is 143 Å². The highest BCUT2D eigenvalue weighted by Crippen LogP contribution is 2.25. The molecule has 134 valence electrons. The molecule has 24 heavy (non-hydrogen) atoms. The van der Waals surface area contributed by atoms with E-state index in [1.54, 1.807) is 0 Å². The van der Waals surface area contributed by atoms with E-state index in [0.717, 1.165) is 77.4 Å². The van der Waals surface area contributed by atoms with Crippen LogP contribution in [0.4, 0.5) is 0 Å². The summed E-state index contributed by atoms with van der Waals surface area (Å²) in [5, 5.41) is 18.7. The fourth-order valence-corrected chi connectivity index (χ4v) is 4.32. The first-order valence-corrected chi connectivity index (χ1v) is 9.39. The van der Waals surface area contributed by atoms with Crippen molar-refractivity contribution in [3.8, 4) is 0 Å². The first-order chi connectivity index (χ1) is 11.8. The van der Waals surface area contributed by atoms with Gasteiger partial charge >= 0.3 is 0 Å². The summed E-state index contributed by atoms with van der Waals surface area (Å²) in [5.74, 6) is 0.584. The molecule has 7 nitrogen and oxygen atoms in total. The van der Waals surface area contributed by atoms with Crippen LogP contribution in [0.2, 0.25) is 0 Å². The van der Waals surface area contributed by atoms with Crippen molar-refractivity contribution in [2.75, 3.05) is 39.4 Å². The van der Waals surface area contributed by atoms with Gasteiger partial charge in [0.2, 0.25) is 0 Å². The van der Waals surface area contributed by atoms with Crippen LogP contribution >= 0.6 is 0 Å². The zero-order valence-corrected chi connectivity index (χ0v) is 14.4. The van der Waals surface area contributed by atoms with Crippen molar-refractivity contribution < 1.29 is 9.84 Å². The second-order valence-corrected chi connectivity index (χ2v) is 7.54. The molecule has 0 amide bonds. The second kappa shape index (κ2) is 7.47. The molecule has 7 heteroatoms. The summed E-state index contributed by atoms with van der Waals surface area (Å²) in [4.78, 5) is 4.93. The molecule has 3 unspecified atom stereocenters. The molecule has 0 radical (unpaired) electrons. The molecule has 1 N–H and O–H groups in total. The van der Waals surface area contributed by atoms with Gasteiger partial charge in [-0.25, -0.2) is 0 Å². The van der Waals surface area contributed by atoms with E-state index in [4.69, 9.17) is 4.74 Å². The zero-order valence-electron chi connectivity index (χ0n) is 14.4. The summed E-state index contributed by atoms with van der Waals surface area (Å²) in [6.07, 6.45) is 6.40. The highest BCUT2D eigenvalue weighted by molar-refractivity contribution is 4.94. The van der Waals surface area contributed by atoms with Crippen LogP contribution in [0.15, 0.2) is 6.20 Å². The number of piperazine rings is 1. The van der Waals surface area contributed by atoms with Gasteiger partial charge in [0.15, 0.2) is 0 Å². The maximum Gasteiger partial charge on any atom is 0.0967 e. The van der Waals surface area contributed by atoms with Crippen molar-refractivity contribution in [2.45, 2.75) is 50.9 Å². The summed E-state index contributed by atoms with van der Waals surface area (Å²) in [6.45, 7) is 7.72. The lowest BCUT2D eigenvalue weighted by Crippen LogP contribution is -2.52. The lowest BCUT2D eigenvalue weighted by molar-refractivity contribution is 0.0333. The van der Waals surface area contributed by atoms with Crippen LogP contribution in [-0.2, 0) is 17.8 Å². The molecule has 4 rings (SSSR count). The van der Waals surface area contributed by atoms with Crippen LogP contribution in [-0.4, -0.2) is 81.4 Å². The number of nitrogens with zero attached hydrogens (tertiary/aromatic N) is 5. The Morgan fingerprint density at radius 1 is 1.17 bits per heavy atom. The van der Waals surface area contributed by atoms with Crippen molar-refractivity contribution in [1.29, 1.82) is 0 Å². The van der Waals surface area contributed by atoms with Gasteiger partial charge in [-0.15, -0.1) is 5.10 Å². The van der Waals surface area contributed by atoms with E-state index >= 15 is 0 Å². The number of ether oxygens (including phenoxy) is 1. The average Bonchev–Trinajstić information content (AvgIpc) is 3.32. The fraction of sp³-hybridized carbons (Fsp3) is 0.882. The molecule has 1 aromatic heterocycles. The van der Waals surface area contributed by atoms with Gasteiger partial charge in [-0.3, -0.25) is 14.5 Å². The highest BCUT2D eigenvalue weighted by atomic mass is 16.5. The van der Waals surface area contributed by atoms with Gasteiger partial charge in [-0.05, 0) is 25.7 Å². The minimum absolute atomic E-state index is 0.115. The molecule has 2 aliphatic heterocycles. The maximum atomic E-state index is 10.1. The molecular formula is C17H29N5O2. The average molecular weight is 335 g/mol. The molecule has 3 aliphatic rings. The zero-order chi connectivity index (χ0) is 16.4. The van der Waals surface area contributed by atoms with Crippen molar-refractivity contribution in [1.82, 2.24) is 24.8 Å². The number of aromatic nitrogens is 3. The topological polar surface area (TPSA) is 66.7 Å². The van der Waals surface area contributed by atoms with E-state index in [1.807, 2.05) is 4.68 Å². The van der Waals surface area contributed by atoms with E-state index < -0.39 is 0 Å². The van der Waals surface area contributed by atoms with Crippen molar-refractivity contribution >= 4 is 0 Å². The van der Waals surface area contributed by atoms with E-state index in [0.29, 0.717) is 12.0 Å². The standard InChI is InChI=1S/C17H29N5O2/c23-17-3-1-2-16(17)21-7-5-20(6-8-21)11-15-12-22(19-18-15)10-14-4-9-24-13-14/h12,14,16-17,23H,1-11,13H2. The number of rotatable bonds is 5. The molecule has 3 fully saturated rings. The number of aliphatic hydroxyl groups is 1. The summed E-state index contributed by atoms with van der Waals surface area (Å²) in [5.41, 5.74) is 1.06. The minimum atomic E-state index is -0.115. The Balaban J connectivity index is 1.24. The Kier molecular flexibility index (Phi) is 5.12. The lowest BCUT2D eigenvalue weighted by Gasteiger charge is -2.38. The van der Waals surface area contributed by atoms with E-state index in [1.165, 1.54) is 6.42 Å². The Morgan fingerprint density at radius 2 is 2.04 bits per heavy atom. The maximum absolute atomic E-state index is 10.1. The van der Waals surface area contributed by atoms with Crippen LogP contribution in [0.25, 0.3) is 0 Å². The van der Waals surface area contributed by atoms with E-state index in [-0.39, 0.29) is 6.10 Å². The summed E-state index contributed by atoms with van der Waals surface area (Å²) < 4.78 is 7.40. The van der Waals surface area contributed by atoms with Crippen molar-refractivity contribution in [2.24, 2.45) is 5.92 Å². The lowest BCUT2D eigenvalue weighted by atomic mass is 10.1. The van der Waals surface area contributed by atoms with Crippen molar-refractivity contribution in [3.63, 3.8) is 0 Å². The Morgan fingerprint density at radius 3 is 2.75 bits per heavy atom. The predicted octanol–water partition coefficient (Wildman–Crippen LogP) is 0.346. The monoisotopic (exact) mass is 335 g/mol. The summed E-state index contributed by atoms with van der Waals surface area (Å²) >= 11 is 0. The van der Waals surface area contributed by atoms with Gasteiger partial charge in [-0.1, -0.05) is 5.21 Å². The quantitative estimate of drug-likeness (QED) is 0.837. The third-order valence-electron chi connectivity index (χ3n) is 5.76. The first-order valence-electron chi connectivity index (χ1n) is 9.39. The minimum Gasteiger partial charge on any atom is -0.391 e. The number of hydrogen-bond donors (Lipinski definition) is 1.